The molecule has 2 nitrogen and oxygen atoms in total. The Hall–Kier alpha value is -1.51. The highest BCUT2D eigenvalue weighted by atomic mass is 35.5. The Morgan fingerprint density at radius 1 is 0.857 bits per heavy atom. The topological polar surface area (TPSA) is 3.24 Å². The summed E-state index contributed by atoms with van der Waals surface area (Å²) in [5, 5.41) is 0. The molecule has 3 aliphatic rings. The number of nitrogens with zero attached hydrogens (tertiary/aromatic N) is 2. The molecule has 2 bridgehead atoms. The zero-order valence-corrected chi connectivity index (χ0v) is 13.0. The first kappa shape index (κ1) is 14.4. The van der Waals surface area contributed by atoms with E-state index in [9.17, 15) is 0 Å². The third-order valence-electron chi connectivity index (χ3n) is 5.00. The maximum atomic E-state index is 2.55. The van der Waals surface area contributed by atoms with Crippen LogP contribution in [-0.2, 0) is 6.42 Å². The summed E-state index contributed by atoms with van der Waals surface area (Å²) in [5.74, 6) is 0. The van der Waals surface area contributed by atoms with Crippen LogP contribution < -0.4 is 21.8 Å². The van der Waals surface area contributed by atoms with E-state index in [1.807, 2.05) is 0 Å². The summed E-state index contributed by atoms with van der Waals surface area (Å²) < 4.78 is 1.18. The molecule has 0 atom stereocenters. The smallest absolute Gasteiger partial charge is 0.156 e. The molecule has 3 heterocycles. The van der Waals surface area contributed by atoms with E-state index in [1.54, 1.807) is 5.69 Å². The summed E-state index contributed by atoms with van der Waals surface area (Å²) in [6.45, 7) is 6.19. The first-order valence-electron chi connectivity index (χ1n) is 7.62. The highest BCUT2D eigenvalue weighted by Gasteiger charge is 2.42. The Morgan fingerprint density at radius 3 is 2.29 bits per heavy atom. The second-order valence-electron chi connectivity index (χ2n) is 6.03. The second kappa shape index (κ2) is 5.70. The summed E-state index contributed by atoms with van der Waals surface area (Å²) in [6.07, 6.45) is 1.18. The summed E-state index contributed by atoms with van der Waals surface area (Å²) >= 11 is 0. The number of fused-ring (bicyclic) bond motifs is 2. The highest BCUT2D eigenvalue weighted by molar-refractivity contribution is 5.73. The number of quaternary nitrogens is 1. The third-order valence-corrected chi connectivity index (χ3v) is 5.00. The number of halogens is 1. The SMILES string of the molecule is [Cl-].c1ccc(CC[N+]23CCN(CC2)c2ccccc23)cc1. The van der Waals surface area contributed by atoms with Gasteiger partial charge in [-0.1, -0.05) is 42.5 Å². The van der Waals surface area contributed by atoms with Gasteiger partial charge in [0, 0.05) is 12.5 Å². The van der Waals surface area contributed by atoms with Crippen molar-refractivity contribution in [3.05, 3.63) is 60.2 Å². The first-order chi connectivity index (χ1) is 9.87. The van der Waals surface area contributed by atoms with Crippen molar-refractivity contribution in [1.29, 1.82) is 0 Å². The lowest BCUT2D eigenvalue weighted by Gasteiger charge is -2.51. The molecule has 3 heteroatoms. The van der Waals surface area contributed by atoms with Crippen LogP contribution in [0.15, 0.2) is 54.6 Å². The fraction of sp³-hybridized carbons (Fsp3) is 0.333. The molecule has 3 aliphatic heterocycles. The van der Waals surface area contributed by atoms with Crippen molar-refractivity contribution in [3.8, 4) is 0 Å². The van der Waals surface area contributed by atoms with Crippen molar-refractivity contribution in [2.45, 2.75) is 6.42 Å². The van der Waals surface area contributed by atoms with E-state index in [-0.39, 0.29) is 12.4 Å². The van der Waals surface area contributed by atoms with Gasteiger partial charge < -0.3 is 17.3 Å². The number of piperazine rings is 1. The number of rotatable bonds is 3. The normalized spacial score (nSPS) is 18.0. The van der Waals surface area contributed by atoms with Crippen LogP contribution in [0.5, 0.6) is 0 Å². The second-order valence-corrected chi connectivity index (χ2v) is 6.03. The molecular weight excluding hydrogens is 280 g/mol. The van der Waals surface area contributed by atoms with Gasteiger partial charge in [0.15, 0.2) is 5.69 Å². The molecule has 0 spiro atoms. The van der Waals surface area contributed by atoms with Crippen molar-refractivity contribution in [2.75, 3.05) is 37.6 Å². The fourth-order valence-electron chi connectivity index (χ4n) is 3.79. The summed E-state index contributed by atoms with van der Waals surface area (Å²) in [6, 6.07) is 19.9. The molecule has 0 N–H and O–H groups in total. The van der Waals surface area contributed by atoms with Gasteiger partial charge in [-0.3, -0.25) is 4.48 Å². The summed E-state index contributed by atoms with van der Waals surface area (Å²) in [7, 11) is 0. The molecule has 0 saturated carbocycles. The van der Waals surface area contributed by atoms with Crippen LogP contribution >= 0.6 is 0 Å². The summed E-state index contributed by atoms with van der Waals surface area (Å²) in [4.78, 5) is 2.55. The molecule has 2 aromatic carbocycles. The minimum absolute atomic E-state index is 0. The lowest BCUT2D eigenvalue weighted by molar-refractivity contribution is -0.00000393. The number of para-hydroxylation sites is 2. The van der Waals surface area contributed by atoms with Crippen molar-refractivity contribution in [1.82, 2.24) is 4.48 Å². The number of hydrogen-bond acceptors (Lipinski definition) is 1. The maximum Gasteiger partial charge on any atom is 0.156 e. The number of benzene rings is 2. The molecule has 5 rings (SSSR count). The van der Waals surface area contributed by atoms with Gasteiger partial charge >= 0.3 is 0 Å². The number of anilines is 1. The lowest BCUT2D eigenvalue weighted by atomic mass is 10.0. The molecule has 21 heavy (non-hydrogen) atoms. The zero-order valence-electron chi connectivity index (χ0n) is 12.2. The van der Waals surface area contributed by atoms with E-state index in [0.717, 1.165) is 0 Å². The maximum absolute atomic E-state index is 2.55. The first-order valence-corrected chi connectivity index (χ1v) is 7.62. The van der Waals surface area contributed by atoms with Crippen LogP contribution in [0.2, 0.25) is 0 Å². The monoisotopic (exact) mass is 300 g/mol. The average Bonchev–Trinajstić information content (AvgIpc) is 2.55. The van der Waals surface area contributed by atoms with Crippen LogP contribution in [0.3, 0.4) is 0 Å². The van der Waals surface area contributed by atoms with Gasteiger partial charge in [0.1, 0.15) is 13.1 Å². The highest BCUT2D eigenvalue weighted by Crippen LogP contribution is 2.41. The van der Waals surface area contributed by atoms with Crippen LogP contribution in [0.25, 0.3) is 0 Å². The Kier molecular flexibility index (Phi) is 3.92. The van der Waals surface area contributed by atoms with E-state index >= 15 is 0 Å². The Morgan fingerprint density at radius 2 is 1.52 bits per heavy atom. The zero-order chi connectivity index (χ0) is 13.4. The standard InChI is InChI=1S/C18H21N2.ClH/c1-2-6-16(7-3-1)10-13-20-14-11-19(12-15-20)17-8-4-5-9-18(17)20;/h1-9H,10-15H2;1H/q+1;/p-1. The van der Waals surface area contributed by atoms with Gasteiger partial charge in [0.25, 0.3) is 0 Å². The minimum atomic E-state index is 0. The third kappa shape index (κ3) is 2.43. The largest absolute Gasteiger partial charge is 1.00 e. The molecule has 0 unspecified atom stereocenters. The van der Waals surface area contributed by atoms with E-state index in [4.69, 9.17) is 0 Å². The van der Waals surface area contributed by atoms with E-state index in [0.29, 0.717) is 0 Å². The molecule has 0 radical (unpaired) electrons. The molecular formula is C18H21ClN2. The lowest BCUT2D eigenvalue weighted by Crippen LogP contribution is -3.00. The quantitative estimate of drug-likeness (QED) is 0.726. The van der Waals surface area contributed by atoms with Crippen molar-refractivity contribution < 1.29 is 12.4 Å². The van der Waals surface area contributed by atoms with Crippen LogP contribution in [-0.4, -0.2) is 32.7 Å². The molecule has 0 aliphatic carbocycles. The van der Waals surface area contributed by atoms with Crippen molar-refractivity contribution >= 4 is 11.4 Å². The van der Waals surface area contributed by atoms with Crippen LogP contribution in [0.4, 0.5) is 11.4 Å². The van der Waals surface area contributed by atoms with Gasteiger partial charge in [-0.05, 0) is 11.6 Å². The van der Waals surface area contributed by atoms with Crippen molar-refractivity contribution in [3.63, 3.8) is 0 Å². The van der Waals surface area contributed by atoms with Crippen LogP contribution in [0, 0.1) is 0 Å². The molecule has 1 fully saturated rings. The number of hydrogen-bond donors (Lipinski definition) is 0. The van der Waals surface area contributed by atoms with Gasteiger partial charge in [0.2, 0.25) is 0 Å². The molecule has 0 amide bonds. The Bertz CT molecular complexity index is 604. The molecule has 1 saturated heterocycles. The van der Waals surface area contributed by atoms with Gasteiger partial charge in [0.05, 0.1) is 25.3 Å². The van der Waals surface area contributed by atoms with E-state index in [1.165, 1.54) is 54.9 Å². The summed E-state index contributed by atoms with van der Waals surface area (Å²) in [5.41, 5.74) is 4.48. The van der Waals surface area contributed by atoms with E-state index < -0.39 is 0 Å². The predicted octanol–water partition coefficient (Wildman–Crippen LogP) is 0.0742. The Labute approximate surface area is 133 Å². The van der Waals surface area contributed by atoms with Gasteiger partial charge in [-0.15, -0.1) is 0 Å². The molecule has 110 valence electrons. The van der Waals surface area contributed by atoms with Crippen LogP contribution in [0.1, 0.15) is 5.56 Å². The average molecular weight is 301 g/mol. The Balaban J connectivity index is 0.00000132. The predicted molar refractivity (Wildman–Crippen MR) is 85.2 cm³/mol. The molecule has 0 aromatic heterocycles. The van der Waals surface area contributed by atoms with Crippen molar-refractivity contribution in [2.24, 2.45) is 0 Å². The van der Waals surface area contributed by atoms with Gasteiger partial charge in [-0.25, -0.2) is 0 Å². The van der Waals surface area contributed by atoms with Gasteiger partial charge in [-0.2, -0.15) is 0 Å². The minimum Gasteiger partial charge on any atom is -1.00 e. The molecule has 2 aromatic rings. The fourth-order valence-corrected chi connectivity index (χ4v) is 3.79. The van der Waals surface area contributed by atoms with E-state index in [2.05, 4.69) is 59.5 Å².